The van der Waals surface area contributed by atoms with Gasteiger partial charge in [0.1, 0.15) is 5.60 Å². The van der Waals surface area contributed by atoms with E-state index in [1.54, 1.807) is 0 Å². The molecule has 1 aromatic rings. The maximum absolute atomic E-state index is 13.4. The van der Waals surface area contributed by atoms with Gasteiger partial charge in [-0.15, -0.1) is 0 Å². The van der Waals surface area contributed by atoms with Crippen LogP contribution in [0.25, 0.3) is 0 Å². The van der Waals surface area contributed by atoms with E-state index in [4.69, 9.17) is 4.74 Å². The summed E-state index contributed by atoms with van der Waals surface area (Å²) in [5, 5.41) is 0. The highest BCUT2D eigenvalue weighted by Gasteiger charge is 2.67. The van der Waals surface area contributed by atoms with Crippen molar-refractivity contribution in [1.29, 1.82) is 0 Å². The lowest BCUT2D eigenvalue weighted by molar-refractivity contribution is -0.143. The fourth-order valence-corrected chi connectivity index (χ4v) is 6.07. The summed E-state index contributed by atoms with van der Waals surface area (Å²) in [6.07, 6.45) is 3.80. The Bertz CT molecular complexity index is 863. The zero-order valence-corrected chi connectivity index (χ0v) is 17.2. The van der Waals surface area contributed by atoms with Crippen molar-refractivity contribution in [1.82, 2.24) is 9.80 Å². The minimum atomic E-state index is -0.621. The number of ether oxygens (including phenoxy) is 1. The normalized spacial score (nSPS) is 33.6. The number of likely N-dealkylation sites (tertiary alicyclic amines) is 1. The van der Waals surface area contributed by atoms with Gasteiger partial charge in [0.25, 0.3) is 0 Å². The topological polar surface area (TPSA) is 49.9 Å². The molecule has 2 unspecified atom stereocenters. The zero-order valence-electron chi connectivity index (χ0n) is 16.4. The maximum atomic E-state index is 13.4. The first-order valence-electron chi connectivity index (χ1n) is 10.1. The highest BCUT2D eigenvalue weighted by atomic mass is 32.2. The summed E-state index contributed by atoms with van der Waals surface area (Å²) in [5.74, 6) is 1.37. The van der Waals surface area contributed by atoms with E-state index in [0.29, 0.717) is 13.1 Å². The molecule has 6 heteroatoms. The van der Waals surface area contributed by atoms with Gasteiger partial charge in [0.2, 0.25) is 11.8 Å². The second-order valence-electron chi connectivity index (χ2n) is 8.46. The Morgan fingerprint density at radius 3 is 2.86 bits per heavy atom. The second-order valence-corrected chi connectivity index (χ2v) is 9.69. The van der Waals surface area contributed by atoms with Crippen molar-refractivity contribution in [2.24, 2.45) is 11.8 Å². The van der Waals surface area contributed by atoms with Crippen LogP contribution in [0.15, 0.2) is 30.4 Å². The van der Waals surface area contributed by atoms with Crippen molar-refractivity contribution >= 4 is 23.6 Å². The van der Waals surface area contributed by atoms with Gasteiger partial charge in [-0.25, -0.2) is 0 Å². The molecule has 148 valence electrons. The number of nitrogens with zero attached hydrogens (tertiary/aromatic N) is 2. The molecule has 2 amide bonds. The van der Waals surface area contributed by atoms with Gasteiger partial charge < -0.3 is 14.5 Å². The molecule has 1 aromatic carbocycles. The predicted octanol–water partition coefficient (Wildman–Crippen LogP) is 2.16. The van der Waals surface area contributed by atoms with Crippen LogP contribution in [0, 0.1) is 25.7 Å². The molecule has 0 N–H and O–H groups in total. The third-order valence-electron chi connectivity index (χ3n) is 6.65. The van der Waals surface area contributed by atoms with Crippen LogP contribution < -0.4 is 0 Å². The van der Waals surface area contributed by atoms with Crippen LogP contribution in [0.1, 0.15) is 16.7 Å². The molecule has 0 aliphatic carbocycles. The van der Waals surface area contributed by atoms with Crippen LogP contribution in [0.3, 0.4) is 0 Å². The van der Waals surface area contributed by atoms with E-state index in [1.165, 1.54) is 16.7 Å². The van der Waals surface area contributed by atoms with Crippen molar-refractivity contribution in [3.8, 4) is 0 Å². The molecule has 0 radical (unpaired) electrons. The molecule has 5 nitrogen and oxygen atoms in total. The van der Waals surface area contributed by atoms with Gasteiger partial charge in [0.15, 0.2) is 0 Å². The first-order chi connectivity index (χ1) is 13.5. The Hall–Kier alpha value is -1.79. The molecule has 3 fully saturated rings. The zero-order chi connectivity index (χ0) is 19.5. The minimum Gasteiger partial charge on any atom is -0.360 e. The monoisotopic (exact) mass is 398 g/mol. The van der Waals surface area contributed by atoms with Gasteiger partial charge in [-0.1, -0.05) is 35.9 Å². The summed E-state index contributed by atoms with van der Waals surface area (Å²) in [5.41, 5.74) is 2.93. The molecular weight excluding hydrogens is 372 g/mol. The molecule has 5 rings (SSSR count). The fourth-order valence-electron chi connectivity index (χ4n) is 5.16. The van der Waals surface area contributed by atoms with Crippen molar-refractivity contribution in [3.63, 3.8) is 0 Å². The highest BCUT2D eigenvalue weighted by molar-refractivity contribution is 7.99. The first kappa shape index (κ1) is 18.3. The molecule has 1 spiro atoms. The predicted molar refractivity (Wildman–Crippen MR) is 109 cm³/mol. The molecule has 3 saturated heterocycles. The Morgan fingerprint density at radius 2 is 2.07 bits per heavy atom. The van der Waals surface area contributed by atoms with E-state index in [9.17, 15) is 9.59 Å². The molecule has 28 heavy (non-hydrogen) atoms. The van der Waals surface area contributed by atoms with E-state index in [-0.39, 0.29) is 29.8 Å². The third-order valence-corrected chi connectivity index (χ3v) is 7.59. The Kier molecular flexibility index (Phi) is 4.32. The minimum absolute atomic E-state index is 0.0671. The van der Waals surface area contributed by atoms with Gasteiger partial charge in [-0.05, 0) is 25.0 Å². The smallest absolute Gasteiger partial charge is 0.230 e. The number of amides is 2. The quantitative estimate of drug-likeness (QED) is 0.733. The summed E-state index contributed by atoms with van der Waals surface area (Å²) in [6, 6.07) is 6.35. The average molecular weight is 399 g/mol. The molecule has 2 bridgehead atoms. The molecule has 4 atom stereocenters. The molecular formula is C22H26N2O3S. The lowest BCUT2D eigenvalue weighted by Gasteiger charge is -2.32. The maximum Gasteiger partial charge on any atom is 0.230 e. The molecule has 4 heterocycles. The van der Waals surface area contributed by atoms with Crippen molar-refractivity contribution in [2.75, 3.05) is 31.1 Å². The number of carbonyl (C=O) groups excluding carboxylic acids is 2. The number of hydrogen-bond donors (Lipinski definition) is 0. The SMILES string of the molecule is Cc1ccc(C)c(CN2C[C@@]34C=C[C@@H](O3)C(C(=O)N3CCSCC3)C4C2=O)c1. The van der Waals surface area contributed by atoms with E-state index in [0.717, 1.165) is 24.6 Å². The summed E-state index contributed by atoms with van der Waals surface area (Å²) >= 11 is 1.88. The Labute approximate surface area is 170 Å². The van der Waals surface area contributed by atoms with E-state index >= 15 is 0 Å². The lowest BCUT2D eigenvalue weighted by atomic mass is 9.76. The van der Waals surface area contributed by atoms with E-state index in [1.807, 2.05) is 33.7 Å². The summed E-state index contributed by atoms with van der Waals surface area (Å²) < 4.78 is 6.27. The standard InChI is InChI=1S/C22H26N2O3S/c1-14-3-4-15(2)16(11-14)12-24-13-22-6-5-17(27-22)18(19(22)21(24)26)20(25)23-7-9-28-10-8-23/h3-6,11,17-19H,7-10,12-13H2,1-2H3/t17-,18?,19?,22-/m1/s1. The third kappa shape index (κ3) is 2.72. The first-order valence-corrected chi connectivity index (χ1v) is 11.2. The van der Waals surface area contributed by atoms with Crippen LogP contribution >= 0.6 is 11.8 Å². The lowest BCUT2D eigenvalue weighted by Crippen LogP contribution is -2.48. The second kappa shape index (κ2) is 6.63. The van der Waals surface area contributed by atoms with Gasteiger partial charge in [-0.2, -0.15) is 11.8 Å². The van der Waals surface area contributed by atoms with Gasteiger partial charge >= 0.3 is 0 Å². The summed E-state index contributed by atoms with van der Waals surface area (Å²) in [4.78, 5) is 30.5. The van der Waals surface area contributed by atoms with Crippen LogP contribution in [0.5, 0.6) is 0 Å². The summed E-state index contributed by atoms with van der Waals surface area (Å²) in [7, 11) is 0. The number of fused-ring (bicyclic) bond motifs is 1. The van der Waals surface area contributed by atoms with Gasteiger partial charge in [-0.3, -0.25) is 9.59 Å². The van der Waals surface area contributed by atoms with Crippen molar-refractivity contribution < 1.29 is 14.3 Å². The largest absolute Gasteiger partial charge is 0.360 e. The Morgan fingerprint density at radius 1 is 1.29 bits per heavy atom. The summed E-state index contributed by atoms with van der Waals surface area (Å²) in [6.45, 7) is 6.82. The van der Waals surface area contributed by atoms with Crippen LogP contribution in [-0.2, 0) is 20.9 Å². The fraction of sp³-hybridized carbons (Fsp3) is 0.545. The van der Waals surface area contributed by atoms with Crippen LogP contribution in [0.4, 0.5) is 0 Å². The van der Waals surface area contributed by atoms with Crippen LogP contribution in [0.2, 0.25) is 0 Å². The molecule has 4 aliphatic heterocycles. The average Bonchev–Trinajstić information content (AvgIpc) is 3.33. The number of thioether (sulfide) groups is 1. The molecule has 4 aliphatic rings. The van der Waals surface area contributed by atoms with E-state index < -0.39 is 5.60 Å². The number of aryl methyl sites for hydroxylation is 2. The number of benzene rings is 1. The number of rotatable bonds is 3. The van der Waals surface area contributed by atoms with E-state index in [2.05, 4.69) is 32.0 Å². The van der Waals surface area contributed by atoms with Gasteiger partial charge in [0.05, 0.1) is 24.5 Å². The number of carbonyl (C=O) groups is 2. The highest BCUT2D eigenvalue weighted by Crippen LogP contribution is 2.52. The van der Waals surface area contributed by atoms with Crippen molar-refractivity contribution in [2.45, 2.75) is 32.1 Å². The van der Waals surface area contributed by atoms with Gasteiger partial charge in [0, 0.05) is 31.1 Å². The van der Waals surface area contributed by atoms with Crippen molar-refractivity contribution in [3.05, 3.63) is 47.0 Å². The molecule has 0 aromatic heterocycles. The molecule has 0 saturated carbocycles. The number of hydrogen-bond acceptors (Lipinski definition) is 4. The Balaban J connectivity index is 1.40. The van der Waals surface area contributed by atoms with Crippen LogP contribution in [-0.4, -0.2) is 64.5 Å².